The highest BCUT2D eigenvalue weighted by molar-refractivity contribution is 7.86. The van der Waals surface area contributed by atoms with Crippen LogP contribution in [0.1, 0.15) is 121 Å². The van der Waals surface area contributed by atoms with Gasteiger partial charge in [-0.2, -0.15) is 33.7 Å². The Hall–Kier alpha value is -6.33. The number of rotatable bonds is 36. The Bertz CT molecular complexity index is 3930. The fraction of sp³-hybridized carbons (Fsp3) is 0.484. The normalized spacial score (nSPS) is 16.7. The molecule has 0 bridgehead atoms. The van der Waals surface area contributed by atoms with Gasteiger partial charge in [-0.15, -0.1) is 0 Å². The van der Waals surface area contributed by atoms with Crippen LogP contribution in [0.15, 0.2) is 130 Å². The van der Waals surface area contributed by atoms with Crippen LogP contribution in [0.25, 0.3) is 32.4 Å². The molecule has 5 N–H and O–H groups in total. The Morgan fingerprint density at radius 1 is 0.725 bits per heavy atom. The second kappa shape index (κ2) is 32.0. The van der Waals surface area contributed by atoms with Gasteiger partial charge < -0.3 is 29.3 Å². The number of azide groups is 1. The van der Waals surface area contributed by atoms with Crippen molar-refractivity contribution in [2.75, 3.05) is 99.4 Å². The van der Waals surface area contributed by atoms with Gasteiger partial charge in [-0.1, -0.05) is 93.9 Å². The van der Waals surface area contributed by atoms with Gasteiger partial charge in [0.05, 0.1) is 61.8 Å². The minimum atomic E-state index is -4.50. The highest BCUT2D eigenvalue weighted by atomic mass is 32.2. The summed E-state index contributed by atoms with van der Waals surface area (Å²) in [5.41, 5.74) is 16.6. The van der Waals surface area contributed by atoms with Gasteiger partial charge in [-0.05, 0) is 161 Å². The van der Waals surface area contributed by atoms with Crippen molar-refractivity contribution in [3.63, 3.8) is 0 Å². The number of nitrogens with one attached hydrogen (secondary N) is 1. The van der Waals surface area contributed by atoms with Crippen LogP contribution in [-0.4, -0.2) is 147 Å². The molecule has 0 spiro atoms. The Morgan fingerprint density at radius 3 is 2.04 bits per heavy atom. The Balaban J connectivity index is 1.19. The second-order valence-electron chi connectivity index (χ2n) is 23.8. The predicted molar refractivity (Wildman–Crippen MR) is 351 cm³/mol. The third kappa shape index (κ3) is 20.3. The number of ether oxygens (including phenoxy) is 3. The number of carbonyl (C=O) groups is 1. The molecule has 0 unspecified atom stereocenters. The second-order valence-corrected chi connectivity index (χ2v) is 29.9. The van der Waals surface area contributed by atoms with E-state index in [1.54, 1.807) is 35.2 Å². The van der Waals surface area contributed by atoms with Gasteiger partial charge >= 0.3 is 0 Å². The van der Waals surface area contributed by atoms with Crippen molar-refractivity contribution in [2.45, 2.75) is 114 Å². The SMILES string of the molecule is CC1(C)C(/C=C/C2=C(c3ccccc3F)C(=C/C=C3/N(CCCS(=O)(=O)O)c4ccc(N(CCCS(=O)(=O)O)CCCS(=O)(=O)O)cc4C3(C)C)/CCC2)=C(CCCCCC(=O)NCCOCCOCCOCCN=[N+]=[N-])c2ccc3cc(S(=O)(=O)O)ccc3c21. The Kier molecular flexibility index (Phi) is 25.4. The number of benzene rings is 4. The van der Waals surface area contributed by atoms with E-state index in [9.17, 15) is 56.7 Å². The van der Waals surface area contributed by atoms with E-state index in [4.69, 9.17) is 19.7 Å². The van der Waals surface area contributed by atoms with Crippen molar-refractivity contribution in [2.24, 2.45) is 5.11 Å². The van der Waals surface area contributed by atoms with Crippen LogP contribution in [-0.2, 0) is 70.3 Å². The Labute approximate surface area is 533 Å². The lowest BCUT2D eigenvalue weighted by Gasteiger charge is -2.28. The van der Waals surface area contributed by atoms with E-state index in [1.165, 1.54) is 18.2 Å². The van der Waals surface area contributed by atoms with Crippen molar-refractivity contribution in [1.82, 2.24) is 5.32 Å². The molecule has 0 atom stereocenters. The van der Waals surface area contributed by atoms with Gasteiger partial charge in [0.1, 0.15) is 5.82 Å². The Morgan fingerprint density at radius 2 is 1.38 bits per heavy atom. The summed E-state index contributed by atoms with van der Waals surface area (Å²) >= 11 is 0. The summed E-state index contributed by atoms with van der Waals surface area (Å²) < 4.78 is 167. The van der Waals surface area contributed by atoms with Crippen LogP contribution < -0.4 is 15.1 Å². The summed E-state index contributed by atoms with van der Waals surface area (Å²) in [4.78, 5) is 19.1. The number of amides is 1. The molecule has 2 aliphatic carbocycles. The number of anilines is 2. The summed E-state index contributed by atoms with van der Waals surface area (Å²) in [7, 11) is -17.5. The molecule has 4 aromatic rings. The first-order chi connectivity index (χ1) is 43.0. The fourth-order valence-corrected chi connectivity index (χ4v) is 14.3. The molecule has 0 fully saturated rings. The van der Waals surface area contributed by atoms with Gasteiger partial charge in [0.25, 0.3) is 40.5 Å². The van der Waals surface area contributed by atoms with Crippen molar-refractivity contribution < 1.29 is 75.3 Å². The highest BCUT2D eigenvalue weighted by Crippen LogP contribution is 2.53. The monoisotopic (exact) mass is 1340 g/mol. The number of hydrogen-bond donors (Lipinski definition) is 5. The van der Waals surface area contributed by atoms with Crippen LogP contribution in [0.2, 0.25) is 0 Å². The van der Waals surface area contributed by atoms with E-state index in [0.29, 0.717) is 107 Å². The van der Waals surface area contributed by atoms with E-state index < -0.39 is 74.4 Å². The molecule has 0 saturated heterocycles. The van der Waals surface area contributed by atoms with Crippen LogP contribution in [0, 0.1) is 5.82 Å². The lowest BCUT2D eigenvalue weighted by Crippen LogP contribution is -2.29. The van der Waals surface area contributed by atoms with E-state index in [1.807, 2.05) is 55.2 Å². The van der Waals surface area contributed by atoms with E-state index >= 15 is 4.39 Å². The van der Waals surface area contributed by atoms with Gasteiger partial charge in [-0.3, -0.25) is 23.0 Å². The van der Waals surface area contributed by atoms with Gasteiger partial charge in [0.2, 0.25) is 5.91 Å². The zero-order valence-corrected chi connectivity index (χ0v) is 55.1. The molecule has 22 nitrogen and oxygen atoms in total. The number of nitrogens with zero attached hydrogens (tertiary/aromatic N) is 5. The largest absolute Gasteiger partial charge is 0.379 e. The van der Waals surface area contributed by atoms with Crippen LogP contribution in [0.5, 0.6) is 0 Å². The van der Waals surface area contributed by atoms with Crippen molar-refractivity contribution >= 4 is 79.7 Å². The lowest BCUT2D eigenvalue weighted by atomic mass is 9.78. The zero-order chi connectivity index (χ0) is 66.2. The van der Waals surface area contributed by atoms with E-state index in [-0.39, 0.29) is 56.2 Å². The molecule has 0 aromatic heterocycles. The summed E-state index contributed by atoms with van der Waals surface area (Å²) in [6.07, 6.45) is 13.1. The number of unbranched alkanes of at least 4 members (excludes halogenated alkanes) is 2. The topological polar surface area (TPSA) is 330 Å². The first-order valence-corrected chi connectivity index (χ1v) is 36.7. The average Bonchev–Trinajstić information content (AvgIpc) is 1.60. The third-order valence-corrected chi connectivity index (χ3v) is 19.8. The molecule has 0 radical (unpaired) electrons. The minimum absolute atomic E-state index is 0.00871. The summed E-state index contributed by atoms with van der Waals surface area (Å²) in [6, 6.07) is 20.5. The molecule has 0 saturated carbocycles. The smallest absolute Gasteiger partial charge is 0.294 e. The zero-order valence-electron chi connectivity index (χ0n) is 51.9. The van der Waals surface area contributed by atoms with Gasteiger partial charge in [0.15, 0.2) is 0 Å². The predicted octanol–water partition coefficient (Wildman–Crippen LogP) is 11.1. The van der Waals surface area contributed by atoms with Crippen LogP contribution in [0.3, 0.4) is 0 Å². The maximum absolute atomic E-state index is 16.5. The molecule has 1 heterocycles. The summed E-state index contributed by atoms with van der Waals surface area (Å²) in [6.45, 7) is 11.3. The number of carbonyl (C=O) groups excluding carboxylic acids is 1. The number of halogens is 1. The van der Waals surface area contributed by atoms with Crippen molar-refractivity contribution in [3.05, 3.63) is 158 Å². The van der Waals surface area contributed by atoms with E-state index in [0.717, 1.165) is 68.6 Å². The maximum Gasteiger partial charge on any atom is 0.294 e. The molecule has 3 aliphatic rings. The molecule has 4 aromatic carbocycles. The molecule has 1 amide bonds. The molecular weight excluding hydrogens is 1260 g/mol. The first-order valence-electron chi connectivity index (χ1n) is 30.4. The maximum atomic E-state index is 16.5. The lowest BCUT2D eigenvalue weighted by molar-refractivity contribution is -0.121. The van der Waals surface area contributed by atoms with E-state index in [2.05, 4.69) is 41.3 Å². The average molecular weight is 1340 g/mol. The third-order valence-electron chi connectivity index (χ3n) is 16.5. The summed E-state index contributed by atoms with van der Waals surface area (Å²) in [5.74, 6) is -2.11. The first kappa shape index (κ1) is 72.1. The minimum Gasteiger partial charge on any atom is -0.379 e. The quantitative estimate of drug-likeness (QED) is 0.00928. The molecule has 1 aliphatic heterocycles. The van der Waals surface area contributed by atoms with Gasteiger partial charge in [-0.25, -0.2) is 4.39 Å². The van der Waals surface area contributed by atoms with Crippen molar-refractivity contribution in [3.8, 4) is 0 Å². The number of hydrogen-bond acceptors (Lipinski definition) is 15. The van der Waals surface area contributed by atoms with Crippen LogP contribution >= 0.6 is 0 Å². The highest BCUT2D eigenvalue weighted by Gasteiger charge is 2.41. The molecular formula is C64H83FN6O16S4. The number of fused-ring (bicyclic) bond motifs is 4. The standard InChI is InChI=1S/C64H83FN6O16S4/c1-63(2)56-45-49(70(32-11-41-88(73,74)75)33-12-42-89(76,77)78)23-28-58(56)71(34-13-43-90(79,80)81)59(63)29-22-47-15-10-14-46(61(47)54-17-8-9-18-57(54)65)21-27-55-52(53-25-20-48-44-50(91(82,83)84)24-26-51(48)62(53)64(55,3)4)16-6-5-7-19-60(72)67-30-35-85-37-39-87-40-38-86-36-31-68-69-66/h8-9,17-18,20-29,44-45H,5-7,10-16,19,30-43H2,1-4H3,(H,67,72)(H,73,74,75)(H,76,77,78)(H,79,80,81)(H,82,83,84)/b27-21+,47-22+,59-29+. The molecule has 27 heteroatoms. The fourth-order valence-electron chi connectivity index (χ4n) is 12.3. The van der Waals surface area contributed by atoms with Crippen LogP contribution in [0.4, 0.5) is 15.8 Å². The molecule has 7 rings (SSSR count). The molecule has 496 valence electrons. The summed E-state index contributed by atoms with van der Waals surface area (Å²) in [5, 5.41) is 7.77. The van der Waals surface area contributed by atoms with Gasteiger partial charge in [0, 0.05) is 77.5 Å². The van der Waals surface area contributed by atoms with Crippen molar-refractivity contribution in [1.29, 1.82) is 0 Å². The molecule has 91 heavy (non-hydrogen) atoms. The number of allylic oxidation sites excluding steroid dienone is 10.